The van der Waals surface area contributed by atoms with E-state index >= 15 is 0 Å². The van der Waals surface area contributed by atoms with Crippen LogP contribution in [0.5, 0.6) is 5.75 Å². The standard InChI is InChI=1S/C19H16N4O3S2/c1-11(24)23-15-6-4-3-5-13(15)21-19(23)27-10-17(25)22-18-20-14-8-7-12(26-2)9-16(14)28-18/h3-9H,10H2,1-2H3,(H,20,22,25). The fraction of sp³-hybridized carbons (Fsp3) is 0.158. The third-order valence-electron chi connectivity index (χ3n) is 4.02. The van der Waals surface area contributed by atoms with Crippen molar-refractivity contribution in [2.45, 2.75) is 12.1 Å². The number of hydrogen-bond acceptors (Lipinski definition) is 7. The van der Waals surface area contributed by atoms with Crippen molar-refractivity contribution in [1.82, 2.24) is 14.5 Å². The Morgan fingerprint density at radius 3 is 2.79 bits per heavy atom. The van der Waals surface area contributed by atoms with Gasteiger partial charge in [-0.15, -0.1) is 0 Å². The zero-order valence-electron chi connectivity index (χ0n) is 15.1. The first-order valence-corrected chi connectivity index (χ1v) is 10.2. The number of anilines is 1. The molecule has 2 aromatic carbocycles. The molecule has 9 heteroatoms. The number of thiazole rings is 1. The Morgan fingerprint density at radius 2 is 2.00 bits per heavy atom. The van der Waals surface area contributed by atoms with Gasteiger partial charge >= 0.3 is 0 Å². The molecule has 0 aliphatic rings. The van der Waals surface area contributed by atoms with E-state index in [1.54, 1.807) is 7.11 Å². The van der Waals surface area contributed by atoms with E-state index in [0.29, 0.717) is 10.3 Å². The van der Waals surface area contributed by atoms with E-state index < -0.39 is 0 Å². The van der Waals surface area contributed by atoms with Crippen LogP contribution < -0.4 is 10.1 Å². The van der Waals surface area contributed by atoms with Gasteiger partial charge in [-0.3, -0.25) is 14.2 Å². The molecule has 7 nitrogen and oxygen atoms in total. The van der Waals surface area contributed by atoms with Crippen LogP contribution in [0.4, 0.5) is 5.13 Å². The second-order valence-electron chi connectivity index (χ2n) is 5.93. The van der Waals surface area contributed by atoms with Gasteiger partial charge in [0.25, 0.3) is 0 Å². The van der Waals surface area contributed by atoms with Crippen molar-refractivity contribution in [2.24, 2.45) is 0 Å². The average molecular weight is 412 g/mol. The molecule has 1 amide bonds. The molecule has 2 heterocycles. The molecule has 0 aliphatic carbocycles. The van der Waals surface area contributed by atoms with Crippen LogP contribution in [0.1, 0.15) is 11.7 Å². The fourth-order valence-electron chi connectivity index (χ4n) is 2.78. The number of carbonyl (C=O) groups is 2. The van der Waals surface area contributed by atoms with Gasteiger partial charge < -0.3 is 10.1 Å². The Balaban J connectivity index is 1.48. The van der Waals surface area contributed by atoms with E-state index in [0.717, 1.165) is 27.0 Å². The summed E-state index contributed by atoms with van der Waals surface area (Å²) in [6, 6.07) is 13.0. The van der Waals surface area contributed by atoms with Crippen LogP contribution in [-0.4, -0.2) is 39.2 Å². The summed E-state index contributed by atoms with van der Waals surface area (Å²) in [5.41, 5.74) is 2.26. The lowest BCUT2D eigenvalue weighted by Crippen LogP contribution is -2.15. The van der Waals surface area contributed by atoms with Crippen molar-refractivity contribution < 1.29 is 14.3 Å². The van der Waals surface area contributed by atoms with Gasteiger partial charge in [-0.05, 0) is 30.3 Å². The third-order valence-corrected chi connectivity index (χ3v) is 5.89. The lowest BCUT2D eigenvalue weighted by molar-refractivity contribution is -0.113. The highest BCUT2D eigenvalue weighted by atomic mass is 32.2. The van der Waals surface area contributed by atoms with E-state index in [9.17, 15) is 9.59 Å². The number of amides is 1. The Bertz CT molecular complexity index is 1200. The maximum absolute atomic E-state index is 12.4. The Hall–Kier alpha value is -2.91. The zero-order chi connectivity index (χ0) is 19.7. The Morgan fingerprint density at radius 1 is 1.18 bits per heavy atom. The van der Waals surface area contributed by atoms with Crippen LogP contribution in [0.25, 0.3) is 21.3 Å². The van der Waals surface area contributed by atoms with Gasteiger partial charge in [-0.2, -0.15) is 0 Å². The number of thioether (sulfide) groups is 1. The molecule has 0 spiro atoms. The van der Waals surface area contributed by atoms with Crippen LogP contribution in [0.2, 0.25) is 0 Å². The van der Waals surface area contributed by atoms with Crippen LogP contribution in [0.3, 0.4) is 0 Å². The molecule has 2 aromatic heterocycles. The highest BCUT2D eigenvalue weighted by Gasteiger charge is 2.16. The molecule has 142 valence electrons. The molecule has 0 saturated carbocycles. The second kappa shape index (κ2) is 7.61. The predicted molar refractivity (Wildman–Crippen MR) is 112 cm³/mol. The molecular weight excluding hydrogens is 396 g/mol. The number of methoxy groups -OCH3 is 1. The largest absolute Gasteiger partial charge is 0.497 e. The summed E-state index contributed by atoms with van der Waals surface area (Å²) in [6.45, 7) is 1.48. The molecule has 0 saturated heterocycles. The molecular formula is C19H16N4O3S2. The molecule has 0 bridgehead atoms. The molecule has 28 heavy (non-hydrogen) atoms. The van der Waals surface area contributed by atoms with E-state index in [1.807, 2.05) is 42.5 Å². The Labute approximate surface area is 168 Å². The number of aromatic nitrogens is 3. The zero-order valence-corrected chi connectivity index (χ0v) is 16.8. The quantitative estimate of drug-likeness (QED) is 0.498. The lowest BCUT2D eigenvalue weighted by Gasteiger charge is -2.04. The highest BCUT2D eigenvalue weighted by molar-refractivity contribution is 7.99. The molecule has 0 aliphatic heterocycles. The van der Waals surface area contributed by atoms with Gasteiger partial charge in [0.15, 0.2) is 10.3 Å². The van der Waals surface area contributed by atoms with E-state index in [1.165, 1.54) is 34.6 Å². The van der Waals surface area contributed by atoms with E-state index in [4.69, 9.17) is 4.74 Å². The average Bonchev–Trinajstić information content (AvgIpc) is 3.25. The number of hydrogen-bond donors (Lipinski definition) is 1. The minimum absolute atomic E-state index is 0.121. The summed E-state index contributed by atoms with van der Waals surface area (Å²) < 4.78 is 7.66. The van der Waals surface area contributed by atoms with Crippen LogP contribution >= 0.6 is 23.1 Å². The monoisotopic (exact) mass is 412 g/mol. The molecule has 1 N–H and O–H groups in total. The summed E-state index contributed by atoms with van der Waals surface area (Å²) in [4.78, 5) is 33.3. The van der Waals surface area contributed by atoms with Crippen molar-refractivity contribution in [1.29, 1.82) is 0 Å². The van der Waals surface area contributed by atoms with Gasteiger partial charge in [-0.25, -0.2) is 9.97 Å². The number of carbonyl (C=O) groups excluding carboxylic acids is 2. The predicted octanol–water partition coefficient (Wildman–Crippen LogP) is 4.05. The topological polar surface area (TPSA) is 86.1 Å². The number of rotatable bonds is 5. The lowest BCUT2D eigenvalue weighted by atomic mass is 10.3. The summed E-state index contributed by atoms with van der Waals surface area (Å²) in [5.74, 6) is 0.512. The van der Waals surface area contributed by atoms with Gasteiger partial charge in [0, 0.05) is 6.92 Å². The number of para-hydroxylation sites is 2. The van der Waals surface area contributed by atoms with Crippen LogP contribution in [-0.2, 0) is 4.79 Å². The van der Waals surface area contributed by atoms with E-state index in [2.05, 4.69) is 15.3 Å². The number of imidazole rings is 1. The molecule has 0 atom stereocenters. The summed E-state index contributed by atoms with van der Waals surface area (Å²) in [5, 5.41) is 3.83. The first-order chi connectivity index (χ1) is 13.5. The first-order valence-electron chi connectivity index (χ1n) is 8.41. The normalized spacial score (nSPS) is 11.1. The van der Waals surface area contributed by atoms with Gasteiger partial charge in [0.05, 0.1) is 34.1 Å². The van der Waals surface area contributed by atoms with Crippen LogP contribution in [0.15, 0.2) is 47.6 Å². The maximum atomic E-state index is 12.4. The number of nitrogens with one attached hydrogen (secondary N) is 1. The number of fused-ring (bicyclic) bond motifs is 2. The minimum Gasteiger partial charge on any atom is -0.497 e. The van der Waals surface area contributed by atoms with Crippen molar-refractivity contribution in [2.75, 3.05) is 18.2 Å². The highest BCUT2D eigenvalue weighted by Crippen LogP contribution is 2.29. The summed E-state index contributed by atoms with van der Waals surface area (Å²) in [7, 11) is 1.61. The van der Waals surface area contributed by atoms with Crippen molar-refractivity contribution in [3.8, 4) is 5.75 Å². The molecule has 4 aromatic rings. The molecule has 0 unspecified atom stereocenters. The number of ether oxygens (including phenoxy) is 1. The number of benzene rings is 2. The van der Waals surface area contributed by atoms with Crippen molar-refractivity contribution in [3.05, 3.63) is 42.5 Å². The maximum Gasteiger partial charge on any atom is 0.236 e. The summed E-state index contributed by atoms with van der Waals surface area (Å²) in [6.07, 6.45) is 0. The smallest absolute Gasteiger partial charge is 0.236 e. The Kier molecular flexibility index (Phi) is 5.01. The molecule has 0 radical (unpaired) electrons. The van der Waals surface area contributed by atoms with E-state index in [-0.39, 0.29) is 17.6 Å². The molecule has 4 rings (SSSR count). The second-order valence-corrected chi connectivity index (χ2v) is 7.90. The van der Waals surface area contributed by atoms with Gasteiger partial charge in [0.2, 0.25) is 11.8 Å². The number of nitrogens with zero attached hydrogens (tertiary/aromatic N) is 3. The third kappa shape index (κ3) is 3.58. The van der Waals surface area contributed by atoms with Crippen molar-refractivity contribution in [3.63, 3.8) is 0 Å². The van der Waals surface area contributed by atoms with Gasteiger partial charge in [0.1, 0.15) is 5.75 Å². The molecule has 0 fully saturated rings. The van der Waals surface area contributed by atoms with Crippen LogP contribution in [0, 0.1) is 0 Å². The SMILES string of the molecule is COc1ccc2nc(NC(=O)CSc3nc4ccccc4n3C(C)=O)sc2c1. The minimum atomic E-state index is -0.210. The fourth-order valence-corrected chi connectivity index (χ4v) is 4.54. The summed E-state index contributed by atoms with van der Waals surface area (Å²) >= 11 is 2.60. The first kappa shape index (κ1) is 18.5. The van der Waals surface area contributed by atoms with Gasteiger partial charge in [-0.1, -0.05) is 35.2 Å². The van der Waals surface area contributed by atoms with Crippen molar-refractivity contribution >= 4 is 61.3 Å².